The van der Waals surface area contributed by atoms with Crippen LogP contribution >= 0.6 is 0 Å². The van der Waals surface area contributed by atoms with Crippen molar-refractivity contribution in [1.82, 2.24) is 10.6 Å². The molecule has 0 aromatic heterocycles. The molecule has 0 saturated heterocycles. The van der Waals surface area contributed by atoms with Crippen molar-refractivity contribution in [2.24, 2.45) is 22.7 Å². The Labute approximate surface area is 132 Å². The van der Waals surface area contributed by atoms with Crippen LogP contribution in [0.2, 0.25) is 0 Å². The molecule has 22 heavy (non-hydrogen) atoms. The number of hydrogen-bond acceptors (Lipinski definition) is 1. The van der Waals surface area contributed by atoms with Gasteiger partial charge in [-0.3, -0.25) is 4.99 Å². The fourth-order valence-corrected chi connectivity index (χ4v) is 3.18. The minimum absolute atomic E-state index is 0.180. The van der Waals surface area contributed by atoms with Crippen LogP contribution in [0.1, 0.15) is 31.2 Å². The summed E-state index contributed by atoms with van der Waals surface area (Å²) in [6.07, 6.45) is 6.54. The molecular formula is C18H26FN3. The minimum atomic E-state index is -0.180. The van der Waals surface area contributed by atoms with Gasteiger partial charge in [0.1, 0.15) is 5.82 Å². The van der Waals surface area contributed by atoms with E-state index in [4.69, 9.17) is 0 Å². The Hall–Kier alpha value is -1.58. The minimum Gasteiger partial charge on any atom is -0.356 e. The molecule has 3 nitrogen and oxygen atoms in total. The Bertz CT molecular complexity index is 492. The standard InChI is InChI=1S/C18H26FN3/c1-20-18(21-11-10-13-2-8-16(19)9-3-13)22-12-17(14-4-5-14)15-6-7-15/h2-3,8-9,14-15,17H,4-7,10-12H2,1H3,(H2,20,21,22). The molecule has 2 saturated carbocycles. The maximum atomic E-state index is 12.9. The van der Waals surface area contributed by atoms with Crippen molar-refractivity contribution in [3.8, 4) is 0 Å². The highest BCUT2D eigenvalue weighted by atomic mass is 19.1. The number of benzene rings is 1. The molecule has 2 N–H and O–H groups in total. The number of nitrogens with zero attached hydrogens (tertiary/aromatic N) is 1. The third-order valence-electron chi connectivity index (χ3n) is 4.80. The van der Waals surface area contributed by atoms with Crippen LogP contribution in [0.15, 0.2) is 29.3 Å². The molecular weight excluding hydrogens is 277 g/mol. The quantitative estimate of drug-likeness (QED) is 0.600. The fraction of sp³-hybridized carbons (Fsp3) is 0.611. The maximum absolute atomic E-state index is 12.9. The first kappa shape index (κ1) is 15.3. The van der Waals surface area contributed by atoms with Crippen LogP contribution in [0.5, 0.6) is 0 Å². The largest absolute Gasteiger partial charge is 0.356 e. The maximum Gasteiger partial charge on any atom is 0.190 e. The van der Waals surface area contributed by atoms with E-state index < -0.39 is 0 Å². The first-order chi connectivity index (χ1) is 10.8. The van der Waals surface area contributed by atoms with Crippen LogP contribution in [0.25, 0.3) is 0 Å². The van der Waals surface area contributed by atoms with Gasteiger partial charge in [-0.15, -0.1) is 0 Å². The van der Waals surface area contributed by atoms with Gasteiger partial charge in [-0.2, -0.15) is 0 Å². The summed E-state index contributed by atoms with van der Waals surface area (Å²) in [4.78, 5) is 4.30. The number of halogens is 1. The number of aliphatic imine (C=N–C) groups is 1. The Balaban J connectivity index is 1.39. The van der Waals surface area contributed by atoms with E-state index in [1.54, 1.807) is 0 Å². The molecule has 0 unspecified atom stereocenters. The topological polar surface area (TPSA) is 36.4 Å². The molecule has 2 fully saturated rings. The van der Waals surface area contributed by atoms with E-state index >= 15 is 0 Å². The molecule has 1 aromatic carbocycles. The van der Waals surface area contributed by atoms with E-state index in [-0.39, 0.29) is 5.82 Å². The third kappa shape index (κ3) is 4.46. The zero-order chi connectivity index (χ0) is 15.4. The summed E-state index contributed by atoms with van der Waals surface area (Å²) in [6, 6.07) is 6.70. The summed E-state index contributed by atoms with van der Waals surface area (Å²) in [5.41, 5.74) is 1.14. The molecule has 0 heterocycles. The Kier molecular flexibility index (Phi) is 4.96. The van der Waals surface area contributed by atoms with Crippen LogP contribution in [0.4, 0.5) is 4.39 Å². The van der Waals surface area contributed by atoms with Crippen molar-refractivity contribution < 1.29 is 4.39 Å². The van der Waals surface area contributed by atoms with Crippen LogP contribution in [-0.4, -0.2) is 26.1 Å². The molecule has 0 atom stereocenters. The van der Waals surface area contributed by atoms with E-state index in [1.807, 2.05) is 19.2 Å². The molecule has 2 aliphatic carbocycles. The van der Waals surface area contributed by atoms with Crippen molar-refractivity contribution >= 4 is 5.96 Å². The van der Waals surface area contributed by atoms with Gasteiger partial charge in [0, 0.05) is 20.1 Å². The predicted octanol–water partition coefficient (Wildman–Crippen LogP) is 2.97. The lowest BCUT2D eigenvalue weighted by atomic mass is 9.98. The molecule has 0 amide bonds. The summed E-state index contributed by atoms with van der Waals surface area (Å²) in [6.45, 7) is 1.86. The Morgan fingerprint density at radius 3 is 2.32 bits per heavy atom. The van der Waals surface area contributed by atoms with Crippen molar-refractivity contribution in [3.63, 3.8) is 0 Å². The second-order valence-electron chi connectivity index (χ2n) is 6.60. The van der Waals surface area contributed by atoms with Gasteiger partial charge in [-0.1, -0.05) is 12.1 Å². The van der Waals surface area contributed by atoms with Gasteiger partial charge in [-0.25, -0.2) is 4.39 Å². The van der Waals surface area contributed by atoms with E-state index in [0.29, 0.717) is 0 Å². The Morgan fingerprint density at radius 2 is 1.77 bits per heavy atom. The van der Waals surface area contributed by atoms with Gasteiger partial charge in [0.2, 0.25) is 0 Å². The van der Waals surface area contributed by atoms with Crippen LogP contribution in [0.3, 0.4) is 0 Å². The van der Waals surface area contributed by atoms with Gasteiger partial charge in [-0.05, 0) is 67.6 Å². The van der Waals surface area contributed by atoms with Gasteiger partial charge in [0.15, 0.2) is 5.96 Å². The summed E-state index contributed by atoms with van der Waals surface area (Å²) >= 11 is 0. The second kappa shape index (κ2) is 7.12. The van der Waals surface area contributed by atoms with Gasteiger partial charge >= 0.3 is 0 Å². The van der Waals surface area contributed by atoms with E-state index in [0.717, 1.165) is 48.8 Å². The summed E-state index contributed by atoms with van der Waals surface area (Å²) < 4.78 is 12.9. The van der Waals surface area contributed by atoms with E-state index in [1.165, 1.54) is 37.8 Å². The van der Waals surface area contributed by atoms with Crippen LogP contribution in [0, 0.1) is 23.6 Å². The van der Waals surface area contributed by atoms with Crippen molar-refractivity contribution in [2.75, 3.05) is 20.1 Å². The molecule has 0 bridgehead atoms. The molecule has 4 heteroatoms. The van der Waals surface area contributed by atoms with E-state index in [2.05, 4.69) is 15.6 Å². The molecule has 1 aromatic rings. The smallest absolute Gasteiger partial charge is 0.190 e. The summed E-state index contributed by atoms with van der Waals surface area (Å²) in [5, 5.41) is 6.84. The molecule has 0 radical (unpaired) electrons. The number of guanidine groups is 1. The first-order valence-electron chi connectivity index (χ1n) is 8.45. The lowest BCUT2D eigenvalue weighted by molar-refractivity contribution is 0.400. The van der Waals surface area contributed by atoms with Crippen molar-refractivity contribution in [1.29, 1.82) is 0 Å². The molecule has 120 valence electrons. The fourth-order valence-electron chi connectivity index (χ4n) is 3.18. The Morgan fingerprint density at radius 1 is 1.14 bits per heavy atom. The molecule has 2 aliphatic rings. The average molecular weight is 303 g/mol. The molecule has 0 spiro atoms. The van der Waals surface area contributed by atoms with Crippen LogP contribution in [-0.2, 0) is 6.42 Å². The lowest BCUT2D eigenvalue weighted by Crippen LogP contribution is -2.41. The van der Waals surface area contributed by atoms with Gasteiger partial charge in [0.05, 0.1) is 0 Å². The third-order valence-corrected chi connectivity index (χ3v) is 4.80. The highest BCUT2D eigenvalue weighted by molar-refractivity contribution is 5.79. The SMILES string of the molecule is CN=C(NCCc1ccc(F)cc1)NCC(C1CC1)C1CC1. The highest BCUT2D eigenvalue weighted by Crippen LogP contribution is 2.48. The molecule has 0 aliphatic heterocycles. The van der Waals surface area contributed by atoms with Crippen molar-refractivity contribution in [3.05, 3.63) is 35.6 Å². The highest BCUT2D eigenvalue weighted by Gasteiger charge is 2.41. The average Bonchev–Trinajstić information content (AvgIpc) is 3.41. The van der Waals surface area contributed by atoms with Crippen LogP contribution < -0.4 is 10.6 Å². The number of rotatable bonds is 7. The summed E-state index contributed by atoms with van der Waals surface area (Å²) in [7, 11) is 1.82. The number of nitrogens with one attached hydrogen (secondary N) is 2. The first-order valence-corrected chi connectivity index (χ1v) is 8.45. The second-order valence-corrected chi connectivity index (χ2v) is 6.60. The number of hydrogen-bond donors (Lipinski definition) is 2. The zero-order valence-corrected chi connectivity index (χ0v) is 13.3. The normalized spacial score (nSPS) is 18.6. The van der Waals surface area contributed by atoms with Gasteiger partial charge in [0.25, 0.3) is 0 Å². The van der Waals surface area contributed by atoms with Crippen molar-refractivity contribution in [2.45, 2.75) is 32.1 Å². The zero-order valence-electron chi connectivity index (χ0n) is 13.3. The molecule has 3 rings (SSSR count). The van der Waals surface area contributed by atoms with Gasteiger partial charge < -0.3 is 10.6 Å². The predicted molar refractivity (Wildman–Crippen MR) is 88.4 cm³/mol. The lowest BCUT2D eigenvalue weighted by Gasteiger charge is -2.18. The van der Waals surface area contributed by atoms with E-state index in [9.17, 15) is 4.39 Å². The summed E-state index contributed by atoms with van der Waals surface area (Å²) in [5.74, 6) is 3.46. The monoisotopic (exact) mass is 303 g/mol.